The van der Waals surface area contributed by atoms with Crippen molar-refractivity contribution in [2.45, 2.75) is 181 Å². The third-order valence-corrected chi connectivity index (χ3v) is 18.9. The van der Waals surface area contributed by atoms with E-state index < -0.39 is 158 Å². The Bertz CT molecular complexity index is 3480. The third kappa shape index (κ3) is 45.7. The van der Waals surface area contributed by atoms with Gasteiger partial charge in [-0.15, -0.1) is 0 Å². The first-order valence-corrected chi connectivity index (χ1v) is 44.0. The Kier molecular flexibility index (Phi) is 56.4. The summed E-state index contributed by atoms with van der Waals surface area (Å²) in [4.78, 5) is 171. The van der Waals surface area contributed by atoms with E-state index in [0.29, 0.717) is 12.8 Å². The van der Waals surface area contributed by atoms with Crippen LogP contribution in [0.1, 0.15) is 158 Å². The van der Waals surface area contributed by atoms with E-state index >= 15 is 4.79 Å². The summed E-state index contributed by atoms with van der Waals surface area (Å²) in [6.45, 7) is 8.62. The van der Waals surface area contributed by atoms with Gasteiger partial charge in [-0.25, -0.2) is 0 Å². The fraction of sp³-hybridized carbons (Fsp3) is 0.678. The minimum Gasteiger partial charge on any atom is -0.466 e. The number of ether oxygens (including phenoxy) is 21. The van der Waals surface area contributed by atoms with Gasteiger partial charge in [-0.05, 0) is 113 Å². The predicted octanol–water partition coefficient (Wildman–Crippen LogP) is 6.28. The van der Waals surface area contributed by atoms with Crippen LogP contribution in [0.2, 0.25) is 0 Å². The van der Waals surface area contributed by atoms with Gasteiger partial charge in [0.15, 0.2) is 0 Å². The van der Waals surface area contributed by atoms with Crippen molar-refractivity contribution >= 4 is 110 Å². The van der Waals surface area contributed by atoms with Crippen molar-refractivity contribution < 1.29 is 162 Å². The third-order valence-electron chi connectivity index (χ3n) is 18.9. The zero-order chi connectivity index (χ0) is 93.5. The molecule has 720 valence electrons. The fourth-order valence-corrected chi connectivity index (χ4v) is 13.0. The molecule has 0 fully saturated rings. The Hall–Kier alpha value is -9.45. The highest BCUT2D eigenvalue weighted by Crippen LogP contribution is 2.36. The highest BCUT2D eigenvalue weighted by atomic mass is 16.6. The maximum Gasteiger partial charge on any atom is 0.308 e. The fourth-order valence-electron chi connectivity index (χ4n) is 13.0. The van der Waals surface area contributed by atoms with E-state index in [2.05, 4.69) is 63.7 Å². The molecule has 0 saturated carbocycles. The maximum atomic E-state index is 15.1. The molecule has 38 heteroatoms. The summed E-state index contributed by atoms with van der Waals surface area (Å²) < 4.78 is 119. The highest BCUT2D eigenvalue weighted by Gasteiger charge is 2.39. The van der Waals surface area contributed by atoms with Crippen molar-refractivity contribution in [2.24, 2.45) is 0 Å². The van der Waals surface area contributed by atoms with Crippen LogP contribution < -0.4 is 21.3 Å². The van der Waals surface area contributed by atoms with Crippen LogP contribution in [-0.2, 0) is 168 Å². The summed E-state index contributed by atoms with van der Waals surface area (Å²) in [5.74, 6) is -7.51. The molecule has 38 nitrogen and oxygen atoms in total. The van der Waals surface area contributed by atoms with Crippen molar-refractivity contribution in [1.82, 2.24) is 21.3 Å². The van der Waals surface area contributed by atoms with E-state index in [9.17, 15) is 57.5 Å². The van der Waals surface area contributed by atoms with Crippen molar-refractivity contribution in [3.8, 4) is 0 Å². The van der Waals surface area contributed by atoms with Crippen LogP contribution in [0.5, 0.6) is 0 Å². The number of hydrogen-bond acceptors (Lipinski definition) is 34. The lowest BCUT2D eigenvalue weighted by Gasteiger charge is -2.36. The number of esters is 9. The first-order valence-electron chi connectivity index (χ1n) is 44.0. The van der Waals surface area contributed by atoms with Gasteiger partial charge in [-0.1, -0.05) is 54.6 Å². The lowest BCUT2D eigenvalue weighted by molar-refractivity contribution is -0.147. The second kappa shape index (κ2) is 65.2. The molecule has 0 aromatic heterocycles. The molecule has 0 saturated heterocycles. The monoisotopic (exact) mass is 1820 g/mol. The lowest BCUT2D eigenvalue weighted by Crippen LogP contribution is -2.60. The molecule has 4 aromatic carbocycles. The number of nitrogens with one attached hydrogen (secondary N) is 4. The molecule has 0 bridgehead atoms. The highest BCUT2D eigenvalue weighted by molar-refractivity contribution is 6.23. The quantitative estimate of drug-likeness (QED) is 0.0164. The average molecular weight is 1820 g/mol. The number of aryl methyl sites for hydroxylation is 1. The molecule has 0 atom stereocenters. The maximum absolute atomic E-state index is 15.1. The van der Waals surface area contributed by atoms with Crippen LogP contribution in [-0.4, -0.2) is 318 Å². The van der Waals surface area contributed by atoms with Crippen LogP contribution in [0.4, 0.5) is 0 Å². The van der Waals surface area contributed by atoms with Crippen LogP contribution >= 0.6 is 0 Å². The molecule has 128 heavy (non-hydrogen) atoms. The first-order chi connectivity index (χ1) is 61.8. The topological polar surface area (TPSA) is 464 Å². The van der Waals surface area contributed by atoms with E-state index in [-0.39, 0.29) is 243 Å². The number of amides is 4. The van der Waals surface area contributed by atoms with Gasteiger partial charge in [0.1, 0.15) is 22.2 Å². The molecule has 4 amide bonds. The number of carbonyl (C=O) groups excluding carboxylic acids is 13. The number of hydrogen-bond donors (Lipinski definition) is 4. The molecule has 0 unspecified atom stereocenters. The summed E-state index contributed by atoms with van der Waals surface area (Å²) in [5, 5.41) is 18.3. The smallest absolute Gasteiger partial charge is 0.308 e. The Morgan fingerprint density at radius 3 is 0.633 bits per heavy atom. The van der Waals surface area contributed by atoms with Gasteiger partial charge in [-0.2, -0.15) is 0 Å². The Labute approximate surface area is 748 Å². The van der Waals surface area contributed by atoms with E-state index in [0.717, 1.165) is 37.9 Å². The molecule has 0 aliphatic heterocycles. The van der Waals surface area contributed by atoms with Gasteiger partial charge in [0, 0.05) is 25.7 Å². The van der Waals surface area contributed by atoms with Gasteiger partial charge in [-0.3, -0.25) is 62.3 Å². The van der Waals surface area contributed by atoms with E-state index in [4.69, 9.17) is 99.5 Å². The number of carbonyl (C=O) groups is 13. The Morgan fingerprint density at radius 1 is 0.227 bits per heavy atom. The summed E-state index contributed by atoms with van der Waals surface area (Å²) in [5.41, 5.74) is -5.49. The summed E-state index contributed by atoms with van der Waals surface area (Å²) in [6.07, 6.45) is -2.08. The second-order valence-corrected chi connectivity index (χ2v) is 29.6. The zero-order valence-electron chi connectivity index (χ0n) is 76.0. The zero-order valence-corrected chi connectivity index (χ0v) is 76.0. The molecular formula is C90H136N4O34. The summed E-state index contributed by atoms with van der Waals surface area (Å²) in [7, 11) is 0. The van der Waals surface area contributed by atoms with Crippen LogP contribution in [0.25, 0.3) is 32.3 Å². The average Bonchev–Trinajstić information content (AvgIpc) is 0.740. The molecule has 4 aromatic rings. The minimum atomic E-state index is -1.77. The van der Waals surface area contributed by atoms with E-state index in [1.54, 1.807) is 62.3 Å². The molecule has 4 rings (SSSR count). The van der Waals surface area contributed by atoms with Gasteiger partial charge in [0.25, 0.3) is 0 Å². The molecule has 0 heterocycles. The second-order valence-electron chi connectivity index (χ2n) is 29.6. The lowest BCUT2D eigenvalue weighted by atomic mass is 9.90. The van der Waals surface area contributed by atoms with Gasteiger partial charge >= 0.3 is 53.7 Å². The van der Waals surface area contributed by atoms with E-state index in [1.807, 2.05) is 12.1 Å². The molecule has 4 N–H and O–H groups in total. The molecule has 0 spiro atoms. The van der Waals surface area contributed by atoms with Crippen molar-refractivity contribution in [1.29, 1.82) is 0 Å². The van der Waals surface area contributed by atoms with Gasteiger partial charge in [0.2, 0.25) is 23.6 Å². The molecule has 0 aliphatic carbocycles. The predicted molar refractivity (Wildman–Crippen MR) is 462 cm³/mol. The Morgan fingerprint density at radius 2 is 0.414 bits per heavy atom. The molecule has 0 aliphatic rings. The van der Waals surface area contributed by atoms with Crippen LogP contribution in [0.15, 0.2) is 54.6 Å². The first kappa shape index (κ1) is 111. The minimum absolute atomic E-state index is 0.0913. The molecular weight excluding hydrogens is 1680 g/mol. The number of rotatable bonds is 77. The van der Waals surface area contributed by atoms with Crippen LogP contribution in [0, 0.1) is 0 Å². The van der Waals surface area contributed by atoms with Gasteiger partial charge < -0.3 is 121 Å². The molecule has 0 radical (unpaired) electrons. The van der Waals surface area contributed by atoms with Gasteiger partial charge in [0.05, 0.1) is 276 Å². The van der Waals surface area contributed by atoms with Crippen molar-refractivity contribution in [3.05, 3.63) is 60.2 Å². The summed E-state index contributed by atoms with van der Waals surface area (Å²) in [6, 6.07) is 18.5. The number of benzene rings is 4. The SMILES string of the molecule is CCOC(=O)CCOCC(COCCC(=O)OCC)(COCCC(=O)OCC)NC(=O)CCOCC(COCCC(=O)NC(COCCC(=O)OCC)(COCCC(=O)OCC)COCCC(=O)OCC)(COCCC(=O)NC(COCCC(=O)OCC)(COCCC(=O)OCC)COCCC(=O)OCC)NC(=O)CCCc1ccc2ccc3cccc4ccc1c2c34. The summed E-state index contributed by atoms with van der Waals surface area (Å²) >= 11 is 0. The Balaban J connectivity index is 1.85. The van der Waals surface area contributed by atoms with Crippen molar-refractivity contribution in [3.63, 3.8) is 0 Å². The van der Waals surface area contributed by atoms with Crippen molar-refractivity contribution in [2.75, 3.05) is 218 Å². The normalized spacial score (nSPS) is 11.7. The van der Waals surface area contributed by atoms with E-state index in [1.165, 1.54) is 0 Å². The standard InChI is InChI=1S/C90H136N4O34/c1-10-120-76(99)34-46-111-58-88(59-112-47-35-77(100)121-11-2,60-113-48-36-78(101)122-12-3)92-73(96)31-43-108-55-87(91-72(95)24-20-21-67-25-26-70-28-27-68-22-19-23-69-29-30-71(67)86(70)85(68)69,56-109-44-32-74(97)93-89(61-114-49-37-79(102)123-13-4,62-115-50-38-80(103)124-14-5)63-116-51-39-81(104)125-15-6)57-110-45-33-75(98)94-90(64-117-52-40-82(105)126-16-7,65-118-53-41-83(106)127-17-8)66-119-54-42-84(107)128-18-9/h19,22-23,25-30H,10-18,20-21,24,31-66H2,1-9H3,(H,91,95)(H,92,96)(H,93,97)(H,94,98). The van der Waals surface area contributed by atoms with Crippen LogP contribution in [0.3, 0.4) is 0 Å². The largest absolute Gasteiger partial charge is 0.466 e.